The molecule has 2 aliphatic rings. The van der Waals surface area contributed by atoms with Gasteiger partial charge in [0.1, 0.15) is 0 Å². The molecule has 3 rings (SSSR count). The van der Waals surface area contributed by atoms with E-state index in [9.17, 15) is 28.1 Å². The van der Waals surface area contributed by atoms with Gasteiger partial charge in [-0.3, -0.25) is 19.8 Å². The molecule has 0 bridgehead atoms. The minimum Gasteiger partial charge on any atom is -0.335 e. The van der Waals surface area contributed by atoms with Gasteiger partial charge in [-0.2, -0.15) is 13.2 Å². The van der Waals surface area contributed by atoms with E-state index in [-0.39, 0.29) is 30.1 Å². The van der Waals surface area contributed by atoms with E-state index in [1.54, 1.807) is 7.05 Å². The van der Waals surface area contributed by atoms with E-state index in [0.717, 1.165) is 75.9 Å². The number of carbonyl (C=O) groups excluding carboxylic acids is 1. The zero-order valence-corrected chi connectivity index (χ0v) is 17.6. The number of rotatable bonds is 5. The number of nitrogens with zero attached hydrogens (tertiary/aromatic N) is 3. The highest BCUT2D eigenvalue weighted by molar-refractivity contribution is 5.85. The Hall–Kier alpha value is -1.87. The first kappa shape index (κ1) is 24.4. The molecule has 1 saturated heterocycles. The third-order valence-corrected chi connectivity index (χ3v) is 6.15. The zero-order chi connectivity index (χ0) is 21.2. The van der Waals surface area contributed by atoms with Crippen LogP contribution >= 0.6 is 12.4 Å². The Bertz CT molecular complexity index is 739. The molecule has 1 heterocycles. The number of alkyl halides is 3. The molecule has 0 unspecified atom stereocenters. The van der Waals surface area contributed by atoms with Gasteiger partial charge in [0.15, 0.2) is 0 Å². The molecule has 1 amide bonds. The van der Waals surface area contributed by atoms with Crippen molar-refractivity contribution < 1.29 is 22.9 Å². The summed E-state index contributed by atoms with van der Waals surface area (Å²) in [6.07, 6.45) is 1.45. The van der Waals surface area contributed by atoms with Gasteiger partial charge in [0.05, 0.1) is 5.56 Å². The standard InChI is InChI=1S/C20H26F3N3O3.ClH/c1-24(16-6-2-3-7-17(16)25-12-4-5-13-25)19(27)18(26(28)29)14-8-10-15(11-9-14)20(21,22)23;/h8-11,16-18H,2-7,12-13H2,1H3;1H/t16-,17-,18+;/m1./s1. The lowest BCUT2D eigenvalue weighted by Crippen LogP contribution is -2.54. The summed E-state index contributed by atoms with van der Waals surface area (Å²) in [5, 5.41) is 11.7. The number of benzene rings is 1. The summed E-state index contributed by atoms with van der Waals surface area (Å²) in [7, 11) is 1.59. The molecule has 168 valence electrons. The molecule has 1 saturated carbocycles. The lowest BCUT2D eigenvalue weighted by molar-refractivity contribution is -0.515. The molecule has 0 radical (unpaired) electrons. The van der Waals surface area contributed by atoms with Crippen molar-refractivity contribution in [2.45, 2.75) is 62.8 Å². The third kappa shape index (κ3) is 5.24. The lowest BCUT2D eigenvalue weighted by Gasteiger charge is -2.42. The van der Waals surface area contributed by atoms with Crippen LogP contribution in [-0.4, -0.2) is 52.9 Å². The highest BCUT2D eigenvalue weighted by Crippen LogP contribution is 2.33. The molecule has 1 aliphatic heterocycles. The van der Waals surface area contributed by atoms with Crippen molar-refractivity contribution in [3.63, 3.8) is 0 Å². The topological polar surface area (TPSA) is 66.7 Å². The fraction of sp³-hybridized carbons (Fsp3) is 0.650. The summed E-state index contributed by atoms with van der Waals surface area (Å²) in [5.41, 5.74) is -0.932. The zero-order valence-electron chi connectivity index (χ0n) is 16.8. The molecule has 3 atom stereocenters. The molecule has 0 aromatic heterocycles. The van der Waals surface area contributed by atoms with Gasteiger partial charge in [0, 0.05) is 29.6 Å². The highest BCUT2D eigenvalue weighted by atomic mass is 35.5. The normalized spacial score (nSPS) is 23.5. The fourth-order valence-electron chi connectivity index (χ4n) is 4.61. The van der Waals surface area contributed by atoms with Crippen LogP contribution in [0.4, 0.5) is 13.2 Å². The predicted octanol–water partition coefficient (Wildman–Crippen LogP) is 4.31. The van der Waals surface area contributed by atoms with Crippen LogP contribution in [0.3, 0.4) is 0 Å². The minimum absolute atomic E-state index is 0. The van der Waals surface area contributed by atoms with E-state index in [1.807, 2.05) is 0 Å². The molecule has 2 fully saturated rings. The van der Waals surface area contributed by atoms with Crippen molar-refractivity contribution in [3.05, 3.63) is 45.5 Å². The summed E-state index contributed by atoms with van der Waals surface area (Å²) >= 11 is 0. The fourth-order valence-corrected chi connectivity index (χ4v) is 4.61. The molecule has 1 aliphatic carbocycles. The Morgan fingerprint density at radius 3 is 2.23 bits per heavy atom. The van der Waals surface area contributed by atoms with Gasteiger partial charge >= 0.3 is 18.1 Å². The van der Waals surface area contributed by atoms with Crippen molar-refractivity contribution in [3.8, 4) is 0 Å². The van der Waals surface area contributed by atoms with Crippen LogP contribution in [0.2, 0.25) is 0 Å². The Kier molecular flexibility index (Phi) is 8.10. The summed E-state index contributed by atoms with van der Waals surface area (Å²) in [4.78, 5) is 27.9. The van der Waals surface area contributed by atoms with E-state index in [4.69, 9.17) is 0 Å². The van der Waals surface area contributed by atoms with Gasteiger partial charge in [0.2, 0.25) is 0 Å². The quantitative estimate of drug-likeness (QED) is 0.496. The van der Waals surface area contributed by atoms with E-state index in [1.165, 1.54) is 4.90 Å². The summed E-state index contributed by atoms with van der Waals surface area (Å²) < 4.78 is 38.4. The Morgan fingerprint density at radius 2 is 1.70 bits per heavy atom. The predicted molar refractivity (Wildman–Crippen MR) is 108 cm³/mol. The molecule has 10 heteroatoms. The molecule has 1 aromatic carbocycles. The van der Waals surface area contributed by atoms with Gasteiger partial charge in [0.25, 0.3) is 0 Å². The smallest absolute Gasteiger partial charge is 0.335 e. The second-order valence-corrected chi connectivity index (χ2v) is 7.92. The van der Waals surface area contributed by atoms with Gasteiger partial charge in [-0.15, -0.1) is 12.4 Å². The van der Waals surface area contributed by atoms with Gasteiger partial charge in [-0.25, -0.2) is 0 Å². The molecule has 0 N–H and O–H groups in total. The number of amides is 1. The number of nitro groups is 1. The number of likely N-dealkylation sites (tertiary alicyclic amines) is 1. The molecule has 1 aromatic rings. The van der Waals surface area contributed by atoms with E-state index < -0.39 is 28.6 Å². The number of carbonyl (C=O) groups is 1. The summed E-state index contributed by atoms with van der Waals surface area (Å²) in [5.74, 6) is -0.675. The second kappa shape index (κ2) is 9.96. The van der Waals surface area contributed by atoms with Crippen LogP contribution in [0, 0.1) is 10.1 Å². The third-order valence-electron chi connectivity index (χ3n) is 6.15. The average Bonchev–Trinajstić information content (AvgIpc) is 3.21. The Labute approximate surface area is 180 Å². The maximum absolute atomic E-state index is 13.1. The molecular weight excluding hydrogens is 423 g/mol. The first-order chi connectivity index (χ1) is 13.7. The van der Waals surface area contributed by atoms with Gasteiger partial charge in [-0.05, 0) is 50.9 Å². The summed E-state index contributed by atoms with van der Waals surface area (Å²) in [6.45, 7) is 1.95. The van der Waals surface area contributed by atoms with Crippen molar-refractivity contribution in [2.75, 3.05) is 20.1 Å². The summed E-state index contributed by atoms with van der Waals surface area (Å²) in [6, 6.07) is 1.98. The van der Waals surface area contributed by atoms with Crippen LogP contribution in [0.5, 0.6) is 0 Å². The number of likely N-dealkylation sites (N-methyl/N-ethyl adjacent to an activating group) is 1. The molecule has 0 spiro atoms. The highest BCUT2D eigenvalue weighted by Gasteiger charge is 2.42. The van der Waals surface area contributed by atoms with E-state index >= 15 is 0 Å². The SMILES string of the molecule is CN(C(=O)[C@H](c1ccc(C(F)(F)F)cc1)[N+](=O)[O-])[C@@H]1CCCC[C@H]1N1CCCC1.Cl. The Balaban J connectivity index is 0.00000320. The van der Waals surface area contributed by atoms with Crippen LogP contribution in [-0.2, 0) is 11.0 Å². The number of hydrogen-bond acceptors (Lipinski definition) is 4. The second-order valence-electron chi connectivity index (χ2n) is 7.92. The lowest BCUT2D eigenvalue weighted by atomic mass is 9.87. The first-order valence-electron chi connectivity index (χ1n) is 10.0. The van der Waals surface area contributed by atoms with Crippen LogP contribution in [0.1, 0.15) is 55.7 Å². The maximum Gasteiger partial charge on any atom is 0.416 e. The van der Waals surface area contributed by atoms with Crippen LogP contribution < -0.4 is 0 Å². The molecule has 30 heavy (non-hydrogen) atoms. The van der Waals surface area contributed by atoms with E-state index in [2.05, 4.69) is 4.90 Å². The molecule has 6 nitrogen and oxygen atoms in total. The maximum atomic E-state index is 13.1. The Morgan fingerprint density at radius 1 is 1.13 bits per heavy atom. The van der Waals surface area contributed by atoms with Gasteiger partial charge in [-0.1, -0.05) is 25.0 Å². The van der Waals surface area contributed by atoms with Gasteiger partial charge < -0.3 is 4.90 Å². The van der Waals surface area contributed by atoms with Crippen molar-refractivity contribution in [2.24, 2.45) is 0 Å². The average molecular weight is 450 g/mol. The van der Waals surface area contributed by atoms with Crippen molar-refractivity contribution in [1.29, 1.82) is 0 Å². The van der Waals surface area contributed by atoms with Crippen molar-refractivity contribution in [1.82, 2.24) is 9.80 Å². The minimum atomic E-state index is -4.53. The number of hydrogen-bond donors (Lipinski definition) is 0. The van der Waals surface area contributed by atoms with Crippen LogP contribution in [0.15, 0.2) is 24.3 Å². The van der Waals surface area contributed by atoms with Crippen LogP contribution in [0.25, 0.3) is 0 Å². The van der Waals surface area contributed by atoms with Crippen molar-refractivity contribution >= 4 is 18.3 Å². The number of halogens is 4. The largest absolute Gasteiger partial charge is 0.416 e. The first-order valence-corrected chi connectivity index (χ1v) is 10.0. The van der Waals surface area contributed by atoms with E-state index in [0.29, 0.717) is 0 Å². The molecular formula is C20H27ClF3N3O3. The monoisotopic (exact) mass is 449 g/mol.